The van der Waals surface area contributed by atoms with E-state index in [0.717, 1.165) is 11.1 Å². The van der Waals surface area contributed by atoms with Crippen molar-refractivity contribution in [3.63, 3.8) is 0 Å². The first-order valence-electron chi connectivity index (χ1n) is 10.8. The van der Waals surface area contributed by atoms with Crippen LogP contribution in [-0.4, -0.2) is 42.8 Å². The summed E-state index contributed by atoms with van der Waals surface area (Å²) in [5.41, 5.74) is 1.14. The Morgan fingerprint density at radius 2 is 1.61 bits per heavy atom. The van der Waals surface area contributed by atoms with Gasteiger partial charge in [0.2, 0.25) is 5.91 Å². The van der Waals surface area contributed by atoms with E-state index in [2.05, 4.69) is 10.6 Å². The Labute approximate surface area is 194 Å². The van der Waals surface area contributed by atoms with Crippen molar-refractivity contribution in [1.82, 2.24) is 10.6 Å². The van der Waals surface area contributed by atoms with Crippen LogP contribution in [0.3, 0.4) is 0 Å². The summed E-state index contributed by atoms with van der Waals surface area (Å²) in [6, 6.07) is 16.1. The largest absolute Gasteiger partial charge is 0.489 e. The number of benzene rings is 2. The summed E-state index contributed by atoms with van der Waals surface area (Å²) >= 11 is 0. The minimum absolute atomic E-state index is 0.201. The van der Waals surface area contributed by atoms with Gasteiger partial charge in [-0.2, -0.15) is 0 Å². The van der Waals surface area contributed by atoms with Crippen molar-refractivity contribution < 1.29 is 28.6 Å². The normalized spacial score (nSPS) is 11.8. The van der Waals surface area contributed by atoms with Crippen molar-refractivity contribution in [2.75, 3.05) is 13.2 Å². The first-order valence-corrected chi connectivity index (χ1v) is 10.8. The van der Waals surface area contributed by atoms with Gasteiger partial charge in [-0.25, -0.2) is 4.79 Å². The van der Waals surface area contributed by atoms with Crippen molar-refractivity contribution >= 4 is 18.0 Å². The number of carbonyl (C=O) groups excluding carboxylic acids is 3. The van der Waals surface area contributed by atoms with E-state index in [1.165, 1.54) is 0 Å². The summed E-state index contributed by atoms with van der Waals surface area (Å²) in [6.07, 6.45) is -0.519. The Bertz CT molecular complexity index is 907. The standard InChI is InChI=1S/C25H32N2O6/c1-5-31-22(28)16-26-23(29)21(27-24(30)33-25(2,3)4)15-18-11-13-20(14-12-18)32-17-19-9-7-6-8-10-19/h6-14,21H,5,15-17H2,1-4H3,(H,26,29)(H,27,30)/t21-/m1/s1. The number of esters is 1. The Kier molecular flexibility index (Phi) is 9.72. The van der Waals surface area contributed by atoms with Gasteiger partial charge in [-0.15, -0.1) is 0 Å². The summed E-state index contributed by atoms with van der Waals surface area (Å²) in [6.45, 7) is 7.25. The molecule has 2 amide bonds. The number of alkyl carbamates (subject to hydrolysis) is 1. The average Bonchev–Trinajstić information content (AvgIpc) is 2.76. The number of hydrogen-bond donors (Lipinski definition) is 2. The molecule has 0 fully saturated rings. The Morgan fingerprint density at radius 3 is 2.21 bits per heavy atom. The fraction of sp³-hybridized carbons (Fsp3) is 0.400. The van der Waals surface area contributed by atoms with Gasteiger partial charge in [0.15, 0.2) is 0 Å². The van der Waals surface area contributed by atoms with Gasteiger partial charge in [-0.05, 0) is 51.0 Å². The van der Waals surface area contributed by atoms with Crippen LogP contribution in [0.2, 0.25) is 0 Å². The zero-order valence-electron chi connectivity index (χ0n) is 19.6. The minimum atomic E-state index is -0.939. The monoisotopic (exact) mass is 456 g/mol. The van der Waals surface area contributed by atoms with Crippen LogP contribution < -0.4 is 15.4 Å². The number of ether oxygens (including phenoxy) is 3. The van der Waals surface area contributed by atoms with Crippen molar-refractivity contribution in [1.29, 1.82) is 0 Å². The van der Waals surface area contributed by atoms with Crippen LogP contribution in [0.25, 0.3) is 0 Å². The zero-order chi connectivity index (χ0) is 24.3. The molecule has 0 saturated heterocycles. The van der Waals surface area contributed by atoms with Crippen LogP contribution in [0.15, 0.2) is 54.6 Å². The van der Waals surface area contributed by atoms with Crippen LogP contribution in [0.4, 0.5) is 4.79 Å². The van der Waals surface area contributed by atoms with Gasteiger partial charge < -0.3 is 24.8 Å². The maximum Gasteiger partial charge on any atom is 0.408 e. The maximum absolute atomic E-state index is 12.7. The molecule has 0 unspecified atom stereocenters. The summed E-state index contributed by atoms with van der Waals surface area (Å²) in [4.78, 5) is 36.5. The van der Waals surface area contributed by atoms with Gasteiger partial charge in [0, 0.05) is 6.42 Å². The molecule has 2 aromatic carbocycles. The highest BCUT2D eigenvalue weighted by molar-refractivity contribution is 5.88. The highest BCUT2D eigenvalue weighted by Crippen LogP contribution is 2.16. The molecule has 0 bridgehead atoms. The molecule has 1 atom stereocenters. The molecule has 0 aliphatic rings. The molecule has 0 saturated carbocycles. The molecule has 0 aliphatic heterocycles. The van der Waals surface area contributed by atoms with Crippen molar-refractivity contribution in [3.8, 4) is 5.75 Å². The van der Waals surface area contributed by atoms with Crippen molar-refractivity contribution in [2.45, 2.75) is 52.4 Å². The summed E-state index contributed by atoms with van der Waals surface area (Å²) in [7, 11) is 0. The molecule has 0 aromatic heterocycles. The van der Waals surface area contributed by atoms with Gasteiger partial charge in [0.05, 0.1) is 6.61 Å². The lowest BCUT2D eigenvalue weighted by Gasteiger charge is -2.23. The van der Waals surface area contributed by atoms with E-state index in [9.17, 15) is 14.4 Å². The molecular weight excluding hydrogens is 424 g/mol. The van der Waals surface area contributed by atoms with Gasteiger partial charge >= 0.3 is 12.1 Å². The molecule has 0 radical (unpaired) electrons. The Balaban J connectivity index is 2.01. The molecule has 2 aromatic rings. The molecule has 8 nitrogen and oxygen atoms in total. The number of hydrogen-bond acceptors (Lipinski definition) is 6. The van der Waals surface area contributed by atoms with Gasteiger partial charge in [-0.3, -0.25) is 9.59 Å². The second kappa shape index (κ2) is 12.5. The summed E-state index contributed by atoms with van der Waals surface area (Å²) < 4.78 is 15.9. The topological polar surface area (TPSA) is 103 Å². The highest BCUT2D eigenvalue weighted by Gasteiger charge is 2.25. The molecule has 0 heterocycles. The fourth-order valence-corrected chi connectivity index (χ4v) is 2.85. The molecule has 2 N–H and O–H groups in total. The van der Waals surface area contributed by atoms with Crippen molar-refractivity contribution in [3.05, 3.63) is 65.7 Å². The van der Waals surface area contributed by atoms with Gasteiger partial charge in [0.1, 0.15) is 30.5 Å². The first kappa shape index (κ1) is 25.7. The van der Waals surface area contributed by atoms with E-state index in [4.69, 9.17) is 14.2 Å². The molecule has 0 aliphatic carbocycles. The van der Waals surface area contributed by atoms with Gasteiger partial charge in [-0.1, -0.05) is 42.5 Å². The van der Waals surface area contributed by atoms with E-state index in [1.54, 1.807) is 39.8 Å². The lowest BCUT2D eigenvalue weighted by Crippen LogP contribution is -2.50. The quantitative estimate of drug-likeness (QED) is 0.532. The highest BCUT2D eigenvalue weighted by atomic mass is 16.6. The number of nitrogens with one attached hydrogen (secondary N) is 2. The number of amides is 2. The molecule has 2 rings (SSSR count). The van der Waals surface area contributed by atoms with Crippen LogP contribution in [0, 0.1) is 0 Å². The zero-order valence-corrected chi connectivity index (χ0v) is 19.6. The van der Waals surface area contributed by atoms with Crippen LogP contribution in [0.1, 0.15) is 38.8 Å². The van der Waals surface area contributed by atoms with E-state index >= 15 is 0 Å². The number of rotatable bonds is 10. The average molecular weight is 457 g/mol. The second-order valence-corrected chi connectivity index (χ2v) is 8.34. The lowest BCUT2D eigenvalue weighted by atomic mass is 10.1. The third-order valence-corrected chi connectivity index (χ3v) is 4.33. The third-order valence-electron chi connectivity index (χ3n) is 4.33. The molecular formula is C25H32N2O6. The maximum atomic E-state index is 12.7. The number of carbonyl (C=O) groups is 3. The van der Waals surface area contributed by atoms with Gasteiger partial charge in [0.25, 0.3) is 0 Å². The van der Waals surface area contributed by atoms with E-state index in [0.29, 0.717) is 12.4 Å². The fourth-order valence-electron chi connectivity index (χ4n) is 2.85. The molecule has 178 valence electrons. The Morgan fingerprint density at radius 1 is 0.939 bits per heavy atom. The summed E-state index contributed by atoms with van der Waals surface area (Å²) in [5, 5.41) is 5.08. The van der Waals surface area contributed by atoms with E-state index in [-0.39, 0.29) is 19.6 Å². The van der Waals surface area contributed by atoms with Crippen LogP contribution in [-0.2, 0) is 32.1 Å². The van der Waals surface area contributed by atoms with E-state index in [1.807, 2.05) is 42.5 Å². The van der Waals surface area contributed by atoms with E-state index < -0.39 is 29.6 Å². The predicted molar refractivity (Wildman–Crippen MR) is 124 cm³/mol. The Hall–Kier alpha value is -3.55. The minimum Gasteiger partial charge on any atom is -0.489 e. The second-order valence-electron chi connectivity index (χ2n) is 8.34. The van der Waals surface area contributed by atoms with Crippen LogP contribution in [0.5, 0.6) is 5.75 Å². The van der Waals surface area contributed by atoms with Crippen molar-refractivity contribution in [2.24, 2.45) is 0 Å². The SMILES string of the molecule is CCOC(=O)CNC(=O)[C@@H](Cc1ccc(OCc2ccccc2)cc1)NC(=O)OC(C)(C)C. The molecule has 8 heteroatoms. The summed E-state index contributed by atoms with van der Waals surface area (Å²) in [5.74, 6) is -0.383. The third kappa shape index (κ3) is 10.1. The molecule has 0 spiro atoms. The smallest absolute Gasteiger partial charge is 0.408 e. The van der Waals surface area contributed by atoms with Crippen LogP contribution >= 0.6 is 0 Å². The molecule has 33 heavy (non-hydrogen) atoms. The first-order chi connectivity index (χ1) is 15.7. The predicted octanol–water partition coefficient (Wildman–Crippen LogP) is 3.38. The lowest BCUT2D eigenvalue weighted by molar-refractivity contribution is -0.143.